The van der Waals surface area contributed by atoms with E-state index in [0.29, 0.717) is 5.92 Å². The van der Waals surface area contributed by atoms with Crippen molar-refractivity contribution < 1.29 is 9.90 Å². The van der Waals surface area contributed by atoms with Gasteiger partial charge in [-0.15, -0.1) is 12.4 Å². The summed E-state index contributed by atoms with van der Waals surface area (Å²) in [4.78, 5) is 10.2. The molecule has 0 radical (unpaired) electrons. The number of carboxylic acids is 1. The number of carboxylic acid groups (broad SMARTS) is 1. The molecule has 68 valence electrons. The molecule has 2 N–H and O–H groups in total. The maximum atomic E-state index is 10.2. The first-order chi connectivity index (χ1) is 4.57. The van der Waals surface area contributed by atoms with Crippen molar-refractivity contribution in [3.63, 3.8) is 0 Å². The number of hydrogen-bond donors (Lipinski definition) is 2. The van der Waals surface area contributed by atoms with Crippen molar-refractivity contribution in [2.45, 2.75) is 26.3 Å². The molecule has 0 bridgehead atoms. The van der Waals surface area contributed by atoms with Crippen LogP contribution in [0.25, 0.3) is 0 Å². The smallest absolute Gasteiger partial charge is 0.304 e. The summed E-state index contributed by atoms with van der Waals surface area (Å²) in [6, 6.07) is 0.0949. The maximum Gasteiger partial charge on any atom is 0.304 e. The maximum absolute atomic E-state index is 10.2. The summed E-state index contributed by atoms with van der Waals surface area (Å²) in [5, 5.41) is 11.4. The predicted molar refractivity (Wildman–Crippen MR) is 47.2 cm³/mol. The minimum absolute atomic E-state index is 0. The molecule has 0 unspecified atom stereocenters. The van der Waals surface area contributed by atoms with Gasteiger partial charge in [-0.05, 0) is 13.0 Å². The topological polar surface area (TPSA) is 49.3 Å². The highest BCUT2D eigenvalue weighted by molar-refractivity contribution is 5.85. The second-order valence-corrected chi connectivity index (χ2v) is 2.74. The van der Waals surface area contributed by atoms with E-state index in [1.165, 1.54) is 0 Å². The molecule has 0 saturated heterocycles. The van der Waals surface area contributed by atoms with Crippen LogP contribution in [-0.4, -0.2) is 24.2 Å². The molecule has 1 atom stereocenters. The highest BCUT2D eigenvalue weighted by Crippen LogP contribution is 2.04. The largest absolute Gasteiger partial charge is 0.481 e. The average Bonchev–Trinajstić information content (AvgIpc) is 1.81. The fourth-order valence-corrected chi connectivity index (χ4v) is 0.859. The normalized spacial score (nSPS) is 12.4. The molecule has 0 spiro atoms. The molecule has 4 heteroatoms. The molecule has 0 aromatic rings. The van der Waals surface area contributed by atoms with Gasteiger partial charge < -0.3 is 10.4 Å². The van der Waals surface area contributed by atoms with Crippen LogP contribution in [0.5, 0.6) is 0 Å². The van der Waals surface area contributed by atoms with Crippen molar-refractivity contribution in [3.8, 4) is 0 Å². The highest BCUT2D eigenvalue weighted by atomic mass is 35.5. The molecule has 0 saturated carbocycles. The van der Waals surface area contributed by atoms with Crippen LogP contribution in [0.2, 0.25) is 0 Å². The van der Waals surface area contributed by atoms with E-state index in [2.05, 4.69) is 5.32 Å². The van der Waals surface area contributed by atoms with Crippen molar-refractivity contribution in [2.75, 3.05) is 7.05 Å². The van der Waals surface area contributed by atoms with E-state index in [0.717, 1.165) is 0 Å². The van der Waals surface area contributed by atoms with Gasteiger partial charge in [0.15, 0.2) is 0 Å². The van der Waals surface area contributed by atoms with Gasteiger partial charge in [0.2, 0.25) is 0 Å². The first-order valence-corrected chi connectivity index (χ1v) is 3.47. The van der Waals surface area contributed by atoms with E-state index in [4.69, 9.17) is 5.11 Å². The molecule has 0 amide bonds. The Balaban J connectivity index is 0. The van der Waals surface area contributed by atoms with Gasteiger partial charge >= 0.3 is 5.97 Å². The van der Waals surface area contributed by atoms with Gasteiger partial charge in [0, 0.05) is 6.04 Å². The minimum atomic E-state index is -0.743. The minimum Gasteiger partial charge on any atom is -0.481 e. The first kappa shape index (κ1) is 13.3. The van der Waals surface area contributed by atoms with Crippen LogP contribution in [-0.2, 0) is 4.79 Å². The van der Waals surface area contributed by atoms with Crippen molar-refractivity contribution in [1.82, 2.24) is 5.32 Å². The van der Waals surface area contributed by atoms with Gasteiger partial charge in [-0.3, -0.25) is 4.79 Å². The van der Waals surface area contributed by atoms with Gasteiger partial charge in [-0.25, -0.2) is 0 Å². The summed E-state index contributed by atoms with van der Waals surface area (Å²) < 4.78 is 0. The third-order valence-corrected chi connectivity index (χ3v) is 1.57. The molecule has 0 heterocycles. The average molecular weight is 182 g/mol. The molecule has 11 heavy (non-hydrogen) atoms. The summed E-state index contributed by atoms with van der Waals surface area (Å²) in [6.45, 7) is 4.01. The summed E-state index contributed by atoms with van der Waals surface area (Å²) in [6.07, 6.45) is 0.203. The molecule has 0 aliphatic carbocycles. The quantitative estimate of drug-likeness (QED) is 0.684. The Hall–Kier alpha value is -0.280. The van der Waals surface area contributed by atoms with Gasteiger partial charge in [0.1, 0.15) is 0 Å². The molecule has 0 aliphatic heterocycles. The van der Waals surface area contributed by atoms with Gasteiger partial charge in [-0.1, -0.05) is 13.8 Å². The lowest BCUT2D eigenvalue weighted by atomic mass is 10.0. The Kier molecular flexibility index (Phi) is 7.79. The Morgan fingerprint density at radius 2 is 2.00 bits per heavy atom. The summed E-state index contributed by atoms with van der Waals surface area (Å²) in [7, 11) is 1.79. The molecule has 0 fully saturated rings. The predicted octanol–water partition coefficient (Wildman–Crippen LogP) is 1.13. The number of halogens is 1. The van der Waals surface area contributed by atoms with Gasteiger partial charge in [0.05, 0.1) is 6.42 Å². The lowest BCUT2D eigenvalue weighted by Crippen LogP contribution is -2.32. The van der Waals surface area contributed by atoms with Crippen LogP contribution in [0.3, 0.4) is 0 Å². The van der Waals surface area contributed by atoms with E-state index in [-0.39, 0.29) is 24.9 Å². The second kappa shape index (κ2) is 6.43. The SMILES string of the molecule is CN[C@H](CC(=O)O)C(C)C.Cl. The monoisotopic (exact) mass is 181 g/mol. The molecule has 0 aromatic heterocycles. The number of rotatable bonds is 4. The second-order valence-electron chi connectivity index (χ2n) is 2.74. The van der Waals surface area contributed by atoms with Crippen molar-refractivity contribution >= 4 is 18.4 Å². The lowest BCUT2D eigenvalue weighted by Gasteiger charge is -2.17. The highest BCUT2D eigenvalue weighted by Gasteiger charge is 2.13. The Bertz CT molecular complexity index is 117. The molecular weight excluding hydrogens is 166 g/mol. The molecule has 3 nitrogen and oxygen atoms in total. The van der Waals surface area contributed by atoms with Crippen LogP contribution in [0.4, 0.5) is 0 Å². The Morgan fingerprint density at radius 1 is 1.55 bits per heavy atom. The lowest BCUT2D eigenvalue weighted by molar-refractivity contribution is -0.137. The summed E-state index contributed by atoms with van der Waals surface area (Å²) >= 11 is 0. The number of hydrogen-bond acceptors (Lipinski definition) is 2. The first-order valence-electron chi connectivity index (χ1n) is 3.47. The summed E-state index contributed by atoms with van der Waals surface area (Å²) in [5.41, 5.74) is 0. The summed E-state index contributed by atoms with van der Waals surface area (Å²) in [5.74, 6) is -0.367. The molecule has 0 rings (SSSR count). The third-order valence-electron chi connectivity index (χ3n) is 1.57. The van der Waals surface area contributed by atoms with E-state index < -0.39 is 5.97 Å². The Morgan fingerprint density at radius 3 is 2.09 bits per heavy atom. The standard InChI is InChI=1S/C7H15NO2.ClH/c1-5(2)6(8-3)4-7(9)10;/h5-6,8H,4H2,1-3H3,(H,9,10);1H/t6-;/m1./s1. The van der Waals surface area contributed by atoms with Crippen molar-refractivity contribution in [3.05, 3.63) is 0 Å². The number of nitrogens with one attached hydrogen (secondary N) is 1. The van der Waals surface area contributed by atoms with Crippen molar-refractivity contribution in [2.24, 2.45) is 5.92 Å². The van der Waals surface area contributed by atoms with Crippen LogP contribution < -0.4 is 5.32 Å². The third kappa shape index (κ3) is 6.13. The van der Waals surface area contributed by atoms with Crippen LogP contribution in [0.15, 0.2) is 0 Å². The Labute approximate surface area is 73.6 Å². The number of carbonyl (C=O) groups is 1. The van der Waals surface area contributed by atoms with E-state index in [9.17, 15) is 4.79 Å². The zero-order chi connectivity index (χ0) is 8.15. The fraction of sp³-hybridized carbons (Fsp3) is 0.857. The van der Waals surface area contributed by atoms with Crippen LogP contribution in [0.1, 0.15) is 20.3 Å². The zero-order valence-corrected chi connectivity index (χ0v) is 7.94. The van der Waals surface area contributed by atoms with E-state index in [1.54, 1.807) is 7.05 Å². The van der Waals surface area contributed by atoms with Crippen LogP contribution >= 0.6 is 12.4 Å². The van der Waals surface area contributed by atoms with Gasteiger partial charge in [0.25, 0.3) is 0 Å². The van der Waals surface area contributed by atoms with Crippen LogP contribution in [0, 0.1) is 5.92 Å². The molecule has 0 aromatic carbocycles. The zero-order valence-electron chi connectivity index (χ0n) is 7.13. The fourth-order valence-electron chi connectivity index (χ4n) is 0.859. The molecular formula is C7H16ClNO2. The number of aliphatic carboxylic acids is 1. The van der Waals surface area contributed by atoms with E-state index >= 15 is 0 Å². The van der Waals surface area contributed by atoms with Crippen molar-refractivity contribution in [1.29, 1.82) is 0 Å². The molecule has 0 aliphatic rings. The van der Waals surface area contributed by atoms with Gasteiger partial charge in [-0.2, -0.15) is 0 Å². The van der Waals surface area contributed by atoms with E-state index in [1.807, 2.05) is 13.8 Å².